The van der Waals surface area contributed by atoms with Gasteiger partial charge in [0.1, 0.15) is 0 Å². The fourth-order valence-corrected chi connectivity index (χ4v) is 3.79. The average molecular weight is 326 g/mol. The molecule has 0 saturated carbocycles. The standard InChI is InChI=1S/C20H26N2O2/c1-2-22(15-20(23)24)18-10-12-21(13-11-18)14-17-8-5-7-16-6-3-4-9-19(16)17/h3-9,18H,2,10-15H2,1H3,(H,23,24). The maximum absolute atomic E-state index is 11.0. The first-order valence-corrected chi connectivity index (χ1v) is 8.82. The molecule has 0 bridgehead atoms. The molecule has 1 aliphatic heterocycles. The van der Waals surface area contributed by atoms with E-state index >= 15 is 0 Å². The van der Waals surface area contributed by atoms with Crippen LogP contribution in [0.5, 0.6) is 0 Å². The second-order valence-electron chi connectivity index (χ2n) is 6.60. The van der Waals surface area contributed by atoms with Crippen LogP contribution in [0.4, 0.5) is 0 Å². The van der Waals surface area contributed by atoms with Crippen molar-refractivity contribution in [2.24, 2.45) is 0 Å². The minimum atomic E-state index is -0.727. The second-order valence-corrected chi connectivity index (χ2v) is 6.60. The Labute approximate surface area is 143 Å². The molecule has 128 valence electrons. The van der Waals surface area contributed by atoms with E-state index in [1.807, 2.05) is 6.92 Å². The summed E-state index contributed by atoms with van der Waals surface area (Å²) in [6.07, 6.45) is 2.10. The largest absolute Gasteiger partial charge is 0.480 e. The van der Waals surface area contributed by atoms with Crippen molar-refractivity contribution in [1.29, 1.82) is 0 Å². The highest BCUT2D eigenvalue weighted by Gasteiger charge is 2.25. The average Bonchev–Trinajstić information content (AvgIpc) is 2.61. The summed E-state index contributed by atoms with van der Waals surface area (Å²) in [6, 6.07) is 15.5. The molecule has 0 aromatic heterocycles. The summed E-state index contributed by atoms with van der Waals surface area (Å²) in [5, 5.41) is 11.7. The first kappa shape index (κ1) is 16.9. The number of hydrogen-bond acceptors (Lipinski definition) is 3. The molecule has 4 heteroatoms. The Morgan fingerprint density at radius 1 is 1.17 bits per heavy atom. The summed E-state index contributed by atoms with van der Waals surface area (Å²) < 4.78 is 0. The van der Waals surface area contributed by atoms with E-state index < -0.39 is 5.97 Å². The smallest absolute Gasteiger partial charge is 0.317 e. The van der Waals surface area contributed by atoms with Gasteiger partial charge in [0.2, 0.25) is 0 Å². The second kappa shape index (κ2) is 7.77. The van der Waals surface area contributed by atoms with Crippen LogP contribution < -0.4 is 0 Å². The molecule has 0 radical (unpaired) electrons. The molecule has 1 saturated heterocycles. The summed E-state index contributed by atoms with van der Waals surface area (Å²) in [5.74, 6) is -0.727. The number of likely N-dealkylation sites (tertiary alicyclic amines) is 1. The van der Waals surface area contributed by atoms with Crippen LogP contribution in [-0.2, 0) is 11.3 Å². The van der Waals surface area contributed by atoms with Crippen LogP contribution in [0.3, 0.4) is 0 Å². The zero-order valence-electron chi connectivity index (χ0n) is 14.3. The third-order valence-electron chi connectivity index (χ3n) is 5.09. The van der Waals surface area contributed by atoms with Crippen LogP contribution in [0.2, 0.25) is 0 Å². The number of rotatable bonds is 6. The molecule has 2 aromatic rings. The van der Waals surface area contributed by atoms with Gasteiger partial charge >= 0.3 is 5.97 Å². The van der Waals surface area contributed by atoms with E-state index in [9.17, 15) is 4.79 Å². The number of fused-ring (bicyclic) bond motifs is 1. The zero-order valence-corrected chi connectivity index (χ0v) is 14.3. The van der Waals surface area contributed by atoms with Crippen molar-refractivity contribution in [3.63, 3.8) is 0 Å². The lowest BCUT2D eigenvalue weighted by molar-refractivity contribution is -0.139. The normalized spacial score (nSPS) is 16.8. The number of aliphatic carboxylic acids is 1. The Balaban J connectivity index is 1.62. The summed E-state index contributed by atoms with van der Waals surface area (Å²) in [4.78, 5) is 15.6. The van der Waals surface area contributed by atoms with E-state index in [0.717, 1.165) is 39.0 Å². The molecule has 4 nitrogen and oxygen atoms in total. The van der Waals surface area contributed by atoms with Crippen LogP contribution in [-0.4, -0.2) is 53.1 Å². The van der Waals surface area contributed by atoms with Gasteiger partial charge in [-0.05, 0) is 48.8 Å². The first-order chi connectivity index (χ1) is 11.7. The lowest BCUT2D eigenvalue weighted by Crippen LogP contribution is -2.46. The number of carbonyl (C=O) groups is 1. The highest BCUT2D eigenvalue weighted by atomic mass is 16.4. The molecular weight excluding hydrogens is 300 g/mol. The fourth-order valence-electron chi connectivity index (χ4n) is 3.79. The van der Waals surface area contributed by atoms with Gasteiger partial charge in [-0.1, -0.05) is 49.4 Å². The highest BCUT2D eigenvalue weighted by Crippen LogP contribution is 2.23. The molecule has 0 aliphatic carbocycles. The first-order valence-electron chi connectivity index (χ1n) is 8.82. The highest BCUT2D eigenvalue weighted by molar-refractivity contribution is 5.85. The predicted octanol–water partition coefficient (Wildman–Crippen LogP) is 3.21. The van der Waals surface area contributed by atoms with Crippen molar-refractivity contribution < 1.29 is 9.90 Å². The molecule has 1 fully saturated rings. The number of hydrogen-bond donors (Lipinski definition) is 1. The minimum Gasteiger partial charge on any atom is -0.480 e. The van der Waals surface area contributed by atoms with Gasteiger partial charge in [-0.15, -0.1) is 0 Å². The number of carboxylic acid groups (broad SMARTS) is 1. The molecule has 0 amide bonds. The van der Waals surface area contributed by atoms with Gasteiger partial charge in [0, 0.05) is 12.6 Å². The van der Waals surface area contributed by atoms with Crippen molar-refractivity contribution in [3.05, 3.63) is 48.0 Å². The van der Waals surface area contributed by atoms with Gasteiger partial charge in [-0.25, -0.2) is 0 Å². The van der Waals surface area contributed by atoms with Gasteiger partial charge < -0.3 is 5.11 Å². The summed E-state index contributed by atoms with van der Waals surface area (Å²) >= 11 is 0. The molecule has 1 aliphatic rings. The number of benzene rings is 2. The Kier molecular flexibility index (Phi) is 5.48. The van der Waals surface area contributed by atoms with Crippen molar-refractivity contribution in [2.75, 3.05) is 26.2 Å². The van der Waals surface area contributed by atoms with Crippen LogP contribution in [0.15, 0.2) is 42.5 Å². The third-order valence-corrected chi connectivity index (χ3v) is 5.09. The molecule has 3 rings (SSSR count). The fraction of sp³-hybridized carbons (Fsp3) is 0.450. The van der Waals surface area contributed by atoms with E-state index in [1.54, 1.807) is 0 Å². The van der Waals surface area contributed by atoms with Crippen molar-refractivity contribution in [3.8, 4) is 0 Å². The Hall–Kier alpha value is -1.91. The van der Waals surface area contributed by atoms with Crippen LogP contribution in [0.1, 0.15) is 25.3 Å². The molecular formula is C20H26N2O2. The predicted molar refractivity (Wildman–Crippen MR) is 97.1 cm³/mol. The van der Waals surface area contributed by atoms with E-state index in [-0.39, 0.29) is 6.54 Å². The van der Waals surface area contributed by atoms with Gasteiger partial charge in [0.05, 0.1) is 6.54 Å². The molecule has 2 aromatic carbocycles. The minimum absolute atomic E-state index is 0.157. The summed E-state index contributed by atoms with van der Waals surface area (Å²) in [7, 11) is 0. The molecule has 0 spiro atoms. The zero-order chi connectivity index (χ0) is 16.9. The monoisotopic (exact) mass is 326 g/mol. The van der Waals surface area contributed by atoms with E-state index in [0.29, 0.717) is 6.04 Å². The van der Waals surface area contributed by atoms with Crippen LogP contribution in [0.25, 0.3) is 10.8 Å². The lowest BCUT2D eigenvalue weighted by Gasteiger charge is -2.37. The van der Waals surface area contributed by atoms with E-state index in [1.165, 1.54) is 16.3 Å². The number of likely N-dealkylation sites (N-methyl/N-ethyl adjacent to an activating group) is 1. The maximum atomic E-state index is 11.0. The van der Waals surface area contributed by atoms with Gasteiger partial charge in [0.25, 0.3) is 0 Å². The molecule has 1 heterocycles. The molecule has 24 heavy (non-hydrogen) atoms. The molecule has 0 atom stereocenters. The number of piperidine rings is 1. The van der Waals surface area contributed by atoms with E-state index in [4.69, 9.17) is 5.11 Å². The topological polar surface area (TPSA) is 43.8 Å². The van der Waals surface area contributed by atoms with Gasteiger partial charge in [-0.2, -0.15) is 0 Å². The quantitative estimate of drug-likeness (QED) is 0.885. The summed E-state index contributed by atoms with van der Waals surface area (Å²) in [5.41, 5.74) is 1.38. The van der Waals surface area contributed by atoms with Gasteiger partial charge in [-0.3, -0.25) is 14.6 Å². The Bertz CT molecular complexity index is 688. The number of carboxylic acids is 1. The molecule has 1 N–H and O–H groups in total. The Morgan fingerprint density at radius 3 is 2.58 bits per heavy atom. The maximum Gasteiger partial charge on any atom is 0.317 e. The SMILES string of the molecule is CCN(CC(=O)O)C1CCN(Cc2cccc3ccccc23)CC1. The van der Waals surface area contributed by atoms with Crippen LogP contribution in [0, 0.1) is 0 Å². The third kappa shape index (κ3) is 3.94. The van der Waals surface area contributed by atoms with Crippen molar-refractivity contribution >= 4 is 16.7 Å². The molecule has 0 unspecified atom stereocenters. The lowest BCUT2D eigenvalue weighted by atomic mass is 10.0. The van der Waals surface area contributed by atoms with Crippen molar-refractivity contribution in [1.82, 2.24) is 9.80 Å². The van der Waals surface area contributed by atoms with Gasteiger partial charge in [0.15, 0.2) is 0 Å². The van der Waals surface area contributed by atoms with Crippen molar-refractivity contribution in [2.45, 2.75) is 32.4 Å². The van der Waals surface area contributed by atoms with Crippen LogP contribution >= 0.6 is 0 Å². The number of nitrogens with zero attached hydrogens (tertiary/aromatic N) is 2. The van der Waals surface area contributed by atoms with E-state index in [2.05, 4.69) is 52.3 Å². The Morgan fingerprint density at radius 2 is 1.88 bits per heavy atom. The summed E-state index contributed by atoms with van der Waals surface area (Å²) in [6.45, 7) is 6.04.